The number of anilines is 6. The monoisotopic (exact) mass is 889 g/mol. The van der Waals surface area contributed by atoms with Crippen LogP contribution in [0.2, 0.25) is 20.5 Å². The van der Waals surface area contributed by atoms with Crippen LogP contribution in [0.5, 0.6) is 0 Å². The molecular weight excluding hydrogens is 830 g/mol. The van der Waals surface area contributed by atoms with E-state index in [0.717, 1.165) is 22.7 Å². The van der Waals surface area contributed by atoms with Gasteiger partial charge in [-0.3, -0.25) is 0 Å². The molecule has 2 aliphatic carbocycles. The van der Waals surface area contributed by atoms with Crippen molar-refractivity contribution in [3.8, 4) is 22.3 Å². The third-order valence-electron chi connectivity index (χ3n) is 16.4. The lowest BCUT2D eigenvalue weighted by atomic mass is 9.17. The number of nitrogens with zero attached hydrogens (tertiary/aromatic N) is 2. The fourth-order valence-corrected chi connectivity index (χ4v) is 14.8. The maximum atomic E-state index is 2.72. The first-order chi connectivity index (χ1) is 33.3. The second-order valence-corrected chi connectivity index (χ2v) is 24.2. The highest BCUT2D eigenvalue weighted by Gasteiger charge is 2.61. The van der Waals surface area contributed by atoms with Gasteiger partial charge in [0.1, 0.15) is 0 Å². The lowest BCUT2D eigenvalue weighted by Gasteiger charge is -2.55. The Hall–Kier alpha value is -6.12. The van der Waals surface area contributed by atoms with E-state index in [0.29, 0.717) is 0 Å². The van der Waals surface area contributed by atoms with E-state index in [9.17, 15) is 0 Å². The Bertz CT molecular complexity index is 3150. The van der Waals surface area contributed by atoms with Gasteiger partial charge < -0.3 is 9.80 Å². The van der Waals surface area contributed by atoms with Crippen LogP contribution in [0.15, 0.2) is 194 Å². The van der Waals surface area contributed by atoms with Crippen LogP contribution in [0.3, 0.4) is 0 Å². The van der Waals surface area contributed by atoms with Crippen LogP contribution in [0.4, 0.5) is 34.1 Å². The zero-order valence-electron chi connectivity index (χ0n) is 43.4. The number of benzene rings is 9. The fraction of sp³-hybridized carbons (Fsp3) is 0.107. The Kier molecular flexibility index (Phi) is 10.7. The molecule has 9 aromatic rings. The summed E-state index contributed by atoms with van der Waals surface area (Å²) in [5, 5.41) is 4.29. The predicted molar refractivity (Wildman–Crippen MR) is 337 cm³/mol. The van der Waals surface area contributed by atoms with E-state index in [1.807, 2.05) is 0 Å². The largest absolute Gasteiger partial charge is 0.310 e. The molecule has 0 atom stereocenters. The summed E-state index contributed by atoms with van der Waals surface area (Å²) < 4.78 is 0. The third-order valence-corrected chi connectivity index (χ3v) is 16.4. The Morgan fingerprint density at radius 1 is 0.271 bits per heavy atom. The number of rotatable bonds is 10. The second kappa shape index (κ2) is 16.2. The molecule has 0 unspecified atom stereocenters. The molecule has 11 rings (SSSR count). The minimum absolute atomic E-state index is 0.200. The molecular formula is C56H56B12N2. The standard InChI is InChI=1S/C56H56B12N2/c57-53(58,59)51(54(60,61)62)43-30-42-44(29-41(43)49-39-27-15-13-25-37(39)47(31-45(49)51)69(33-17-5-1-6-18-33)34-19-7-2-8-20-34)52(55(63,64)65,56(66,67)68)46-32-48(38-26-14-16-28-40(38)50(42)46)70(35-21-9-3-10-22-35)36-23-11-4-12-24-36/h1-32H,57-68H2. The molecule has 9 aromatic carbocycles. The molecule has 0 radical (unpaired) electrons. The van der Waals surface area contributed by atoms with Crippen molar-refractivity contribution in [2.24, 2.45) is 0 Å². The number of hydrogen-bond donors (Lipinski definition) is 0. The molecule has 70 heavy (non-hydrogen) atoms. The molecule has 326 valence electrons. The maximum absolute atomic E-state index is 2.72. The summed E-state index contributed by atoms with van der Waals surface area (Å²) in [5.41, 5.74) is 17.4. The zero-order chi connectivity index (χ0) is 49.2. The SMILES string of the molecule is BC(B)(B)C1(C(B)(B)B)c2cc3c(cc2-c2c1cc(N(c1ccccc1)c1ccccc1)c1ccccc21)C(C(B)(B)B)(C(B)(B)B)c1cc(N(c2ccccc2)c2ccccc2)c2ccccc2c1-3. The molecule has 2 nitrogen and oxygen atoms in total. The van der Waals surface area contributed by atoms with Crippen LogP contribution in [-0.2, 0) is 10.8 Å². The minimum Gasteiger partial charge on any atom is -0.310 e. The van der Waals surface area contributed by atoms with Crippen molar-refractivity contribution in [1.82, 2.24) is 0 Å². The smallest absolute Gasteiger partial charge is 0.0920 e. The summed E-state index contributed by atoms with van der Waals surface area (Å²) in [5.74, 6) is 0. The number of fused-ring (bicyclic) bond motifs is 10. The van der Waals surface area contributed by atoms with Gasteiger partial charge in [-0.05, 0) is 139 Å². The van der Waals surface area contributed by atoms with Crippen molar-refractivity contribution < 1.29 is 0 Å². The summed E-state index contributed by atoms with van der Waals surface area (Å²) in [6, 6.07) is 72.9. The highest BCUT2D eigenvalue weighted by atomic mass is 15.1. The average Bonchev–Trinajstić information content (AvgIpc) is 3.81. The summed E-state index contributed by atoms with van der Waals surface area (Å²) in [4.78, 5) is 4.97. The van der Waals surface area contributed by atoms with Crippen molar-refractivity contribution in [3.63, 3.8) is 0 Å². The Labute approximate surface area is 427 Å². The van der Waals surface area contributed by atoms with Gasteiger partial charge in [-0.15, -0.1) is 0 Å². The average molecular weight is 887 g/mol. The van der Waals surface area contributed by atoms with Gasteiger partial charge >= 0.3 is 0 Å². The van der Waals surface area contributed by atoms with E-state index < -0.39 is 10.8 Å². The zero-order valence-corrected chi connectivity index (χ0v) is 43.4. The van der Waals surface area contributed by atoms with Gasteiger partial charge in [0, 0.05) is 33.5 Å². The predicted octanol–water partition coefficient (Wildman–Crippen LogP) is 3.36. The summed E-state index contributed by atoms with van der Waals surface area (Å²) in [6.07, 6.45) is 0. The Morgan fingerprint density at radius 2 is 0.514 bits per heavy atom. The summed E-state index contributed by atoms with van der Waals surface area (Å²) in [6.45, 7) is 0. The van der Waals surface area contributed by atoms with Gasteiger partial charge in [-0.1, -0.05) is 142 Å². The van der Waals surface area contributed by atoms with E-state index in [1.165, 1.54) is 77.4 Å². The normalized spacial score (nSPS) is 14.6. The highest BCUT2D eigenvalue weighted by Crippen LogP contribution is 2.72. The molecule has 0 saturated heterocycles. The van der Waals surface area contributed by atoms with Gasteiger partial charge in [0.25, 0.3) is 0 Å². The summed E-state index contributed by atoms with van der Waals surface area (Å²) >= 11 is 0. The first-order valence-corrected chi connectivity index (χ1v) is 25.4. The maximum Gasteiger partial charge on any atom is 0.0920 e. The quantitative estimate of drug-likeness (QED) is 0.195. The van der Waals surface area contributed by atoms with Gasteiger partial charge in [-0.2, -0.15) is 0 Å². The van der Waals surface area contributed by atoms with E-state index in [4.69, 9.17) is 0 Å². The summed E-state index contributed by atoms with van der Waals surface area (Å²) in [7, 11) is 30.0. The number of hydrogen-bond acceptors (Lipinski definition) is 2. The van der Waals surface area contributed by atoms with Crippen LogP contribution in [0.25, 0.3) is 43.8 Å². The lowest BCUT2D eigenvalue weighted by molar-refractivity contribution is 0.527. The van der Waals surface area contributed by atoms with Gasteiger partial charge in [0.15, 0.2) is 0 Å². The molecule has 0 fully saturated rings. The van der Waals surface area contributed by atoms with Gasteiger partial charge in [0.05, 0.1) is 106 Å². The van der Waals surface area contributed by atoms with Crippen LogP contribution in [0, 0.1) is 0 Å². The molecule has 2 aliphatic rings. The number of para-hydroxylation sites is 4. The fourth-order valence-electron chi connectivity index (χ4n) is 14.8. The molecule has 14 heteroatoms. The molecule has 0 N–H and O–H groups in total. The van der Waals surface area contributed by atoms with Crippen molar-refractivity contribution in [1.29, 1.82) is 0 Å². The molecule has 0 heterocycles. The molecule has 0 bridgehead atoms. The third kappa shape index (κ3) is 6.50. The van der Waals surface area contributed by atoms with E-state index in [-0.39, 0.29) is 20.5 Å². The minimum atomic E-state index is -0.403. The Morgan fingerprint density at radius 3 is 0.771 bits per heavy atom. The van der Waals surface area contributed by atoms with Crippen molar-refractivity contribution >= 4 is 150 Å². The lowest BCUT2D eigenvalue weighted by Crippen LogP contribution is -2.52. The van der Waals surface area contributed by atoms with Gasteiger partial charge in [0.2, 0.25) is 0 Å². The molecule has 0 aromatic heterocycles. The molecule has 0 spiro atoms. The highest BCUT2D eigenvalue weighted by molar-refractivity contribution is 6.67. The van der Waals surface area contributed by atoms with Crippen molar-refractivity contribution in [2.75, 3.05) is 9.80 Å². The molecule has 0 saturated carbocycles. The van der Waals surface area contributed by atoms with Gasteiger partial charge in [-0.25, -0.2) is 0 Å². The second-order valence-electron chi connectivity index (χ2n) is 24.2. The molecule has 0 amide bonds. The van der Waals surface area contributed by atoms with Crippen LogP contribution in [-0.4, -0.2) is 94.2 Å². The van der Waals surface area contributed by atoms with E-state index in [1.54, 1.807) is 0 Å². The van der Waals surface area contributed by atoms with E-state index in [2.05, 4.69) is 298 Å². The van der Waals surface area contributed by atoms with E-state index >= 15 is 0 Å². The van der Waals surface area contributed by atoms with Crippen molar-refractivity contribution in [3.05, 3.63) is 216 Å². The van der Waals surface area contributed by atoms with Crippen LogP contribution in [0.1, 0.15) is 22.3 Å². The van der Waals surface area contributed by atoms with Crippen LogP contribution >= 0.6 is 0 Å². The van der Waals surface area contributed by atoms with Crippen LogP contribution < -0.4 is 9.80 Å². The molecule has 0 aliphatic heterocycles. The Balaban J connectivity index is 1.30. The first-order valence-electron chi connectivity index (χ1n) is 25.4. The van der Waals surface area contributed by atoms with Crippen molar-refractivity contribution in [2.45, 2.75) is 31.3 Å². The topological polar surface area (TPSA) is 6.48 Å². The first kappa shape index (κ1) is 46.3.